The number of rotatable bonds is 5. The number of benzene rings is 1. The van der Waals surface area contributed by atoms with E-state index in [2.05, 4.69) is 15.6 Å². The fraction of sp³-hybridized carbons (Fsp3) is 0.357. The van der Waals surface area contributed by atoms with E-state index in [9.17, 15) is 4.79 Å². The first-order valence-electron chi connectivity index (χ1n) is 6.32. The number of likely N-dealkylation sites (N-methyl/N-ethyl adjacent to an activating group) is 1. The molecule has 1 heterocycles. The lowest BCUT2D eigenvalue weighted by Gasteiger charge is -2.23. The van der Waals surface area contributed by atoms with Crippen LogP contribution in [0.3, 0.4) is 0 Å². The van der Waals surface area contributed by atoms with Crippen LogP contribution in [0, 0.1) is 0 Å². The van der Waals surface area contributed by atoms with Gasteiger partial charge in [0, 0.05) is 0 Å². The van der Waals surface area contributed by atoms with E-state index in [-0.39, 0.29) is 5.78 Å². The third-order valence-corrected chi connectivity index (χ3v) is 2.97. The van der Waals surface area contributed by atoms with Gasteiger partial charge in [-0.25, -0.2) is 4.68 Å². The topological polar surface area (TPSA) is 59.8 Å². The maximum absolute atomic E-state index is 12.5. The predicted molar refractivity (Wildman–Crippen MR) is 73.4 cm³/mol. The lowest BCUT2D eigenvalue weighted by atomic mass is 9.97. The third kappa shape index (κ3) is 2.71. The first-order chi connectivity index (χ1) is 9.06. The van der Waals surface area contributed by atoms with Crippen LogP contribution in [0.5, 0.6) is 0 Å². The Labute approximate surface area is 112 Å². The number of nitrogens with zero attached hydrogens (tertiary/aromatic N) is 3. The van der Waals surface area contributed by atoms with Crippen molar-refractivity contribution in [3.8, 4) is 5.69 Å². The summed E-state index contributed by atoms with van der Waals surface area (Å²) in [4.78, 5) is 12.5. The molecule has 0 amide bonds. The van der Waals surface area contributed by atoms with Crippen LogP contribution in [0.2, 0.25) is 0 Å². The Hall–Kier alpha value is -2.01. The molecule has 2 rings (SSSR count). The number of aromatic nitrogens is 3. The minimum atomic E-state index is -0.636. The molecular formula is C14H18N4O. The van der Waals surface area contributed by atoms with Crippen LogP contribution in [0.15, 0.2) is 36.5 Å². The van der Waals surface area contributed by atoms with Gasteiger partial charge in [0.2, 0.25) is 5.78 Å². The number of hydrogen-bond acceptors (Lipinski definition) is 4. The molecule has 1 N–H and O–H groups in total. The second-order valence-electron chi connectivity index (χ2n) is 4.85. The molecule has 19 heavy (non-hydrogen) atoms. The van der Waals surface area contributed by atoms with Crippen LogP contribution in [0.4, 0.5) is 0 Å². The Morgan fingerprint density at radius 2 is 2.00 bits per heavy atom. The van der Waals surface area contributed by atoms with Gasteiger partial charge in [-0.05, 0) is 32.5 Å². The van der Waals surface area contributed by atoms with Gasteiger partial charge in [0.1, 0.15) is 5.69 Å². The molecular weight excluding hydrogens is 240 g/mol. The highest BCUT2D eigenvalue weighted by atomic mass is 16.1. The third-order valence-electron chi connectivity index (χ3n) is 2.97. The van der Waals surface area contributed by atoms with Gasteiger partial charge < -0.3 is 5.32 Å². The molecule has 100 valence electrons. The number of Topliss-reactive ketones (excluding diaryl/α,β-unsaturated/α-hetero) is 1. The fourth-order valence-corrected chi connectivity index (χ4v) is 1.99. The van der Waals surface area contributed by atoms with E-state index >= 15 is 0 Å². The summed E-state index contributed by atoms with van der Waals surface area (Å²) in [5.74, 6) is -0.0248. The van der Waals surface area contributed by atoms with E-state index in [1.54, 1.807) is 4.68 Å². The molecule has 0 unspecified atom stereocenters. The maximum atomic E-state index is 12.5. The highest BCUT2D eigenvalue weighted by Crippen LogP contribution is 2.15. The molecule has 0 saturated heterocycles. The van der Waals surface area contributed by atoms with E-state index in [0.29, 0.717) is 5.69 Å². The summed E-state index contributed by atoms with van der Waals surface area (Å²) in [6.45, 7) is 6.43. The molecule has 0 radical (unpaired) electrons. The van der Waals surface area contributed by atoms with Crippen LogP contribution in [-0.4, -0.2) is 32.9 Å². The normalized spacial score (nSPS) is 11.5. The van der Waals surface area contributed by atoms with Crippen LogP contribution >= 0.6 is 0 Å². The lowest BCUT2D eigenvalue weighted by molar-refractivity contribution is 0.0876. The molecule has 0 bridgehead atoms. The van der Waals surface area contributed by atoms with Gasteiger partial charge in [-0.2, -0.15) is 0 Å². The highest BCUT2D eigenvalue weighted by molar-refractivity contribution is 6.01. The first kappa shape index (κ1) is 13.4. The van der Waals surface area contributed by atoms with E-state index in [1.165, 1.54) is 6.20 Å². The van der Waals surface area contributed by atoms with Crippen molar-refractivity contribution in [1.29, 1.82) is 0 Å². The van der Waals surface area contributed by atoms with Crippen LogP contribution in [0.1, 0.15) is 31.3 Å². The van der Waals surface area contributed by atoms with Crippen molar-refractivity contribution in [3.63, 3.8) is 0 Å². The molecule has 0 aliphatic rings. The second-order valence-corrected chi connectivity index (χ2v) is 4.85. The summed E-state index contributed by atoms with van der Waals surface area (Å²) in [6.07, 6.45) is 1.51. The molecule has 1 aromatic heterocycles. The largest absolute Gasteiger partial charge is 0.305 e. The molecule has 1 aromatic carbocycles. The average Bonchev–Trinajstić information content (AvgIpc) is 2.87. The molecule has 2 aromatic rings. The van der Waals surface area contributed by atoms with E-state index in [4.69, 9.17) is 0 Å². The predicted octanol–water partition coefficient (Wildman–Crippen LogP) is 1.84. The number of carbonyl (C=O) groups is 1. The fourth-order valence-electron chi connectivity index (χ4n) is 1.99. The maximum Gasteiger partial charge on any atom is 0.202 e. The lowest BCUT2D eigenvalue weighted by Crippen LogP contribution is -2.47. The molecule has 0 atom stereocenters. The van der Waals surface area contributed by atoms with Gasteiger partial charge in [-0.3, -0.25) is 4.79 Å². The Balaban J connectivity index is 2.38. The smallest absolute Gasteiger partial charge is 0.202 e. The van der Waals surface area contributed by atoms with Gasteiger partial charge in [0.15, 0.2) is 0 Å². The Kier molecular flexibility index (Phi) is 3.76. The second kappa shape index (κ2) is 5.32. The van der Waals surface area contributed by atoms with E-state index in [1.807, 2.05) is 51.1 Å². The summed E-state index contributed by atoms with van der Waals surface area (Å²) in [5, 5.41) is 11.0. The van der Waals surface area contributed by atoms with Crippen molar-refractivity contribution >= 4 is 5.78 Å². The quantitative estimate of drug-likeness (QED) is 0.831. The molecule has 5 nitrogen and oxygen atoms in total. The van der Waals surface area contributed by atoms with Gasteiger partial charge in [-0.1, -0.05) is 30.3 Å². The van der Waals surface area contributed by atoms with Crippen LogP contribution in [0.25, 0.3) is 5.69 Å². The van der Waals surface area contributed by atoms with E-state index in [0.717, 1.165) is 12.2 Å². The SMILES string of the molecule is CCNC(C)(C)C(=O)c1cnnn1-c1ccccc1. The number of nitrogens with one attached hydrogen (secondary N) is 1. The Morgan fingerprint density at radius 1 is 1.32 bits per heavy atom. The van der Waals surface area contributed by atoms with E-state index < -0.39 is 5.54 Å². The number of para-hydroxylation sites is 1. The Morgan fingerprint density at radius 3 is 2.63 bits per heavy atom. The van der Waals surface area contributed by atoms with Gasteiger partial charge in [0.25, 0.3) is 0 Å². The van der Waals surface area contributed by atoms with Gasteiger partial charge in [0.05, 0.1) is 17.4 Å². The number of ketones is 1. The monoisotopic (exact) mass is 258 g/mol. The molecule has 0 saturated carbocycles. The van der Waals surface area contributed by atoms with Gasteiger partial charge in [-0.15, -0.1) is 5.10 Å². The standard InChI is InChI=1S/C14H18N4O/c1-4-15-14(2,3)13(19)12-10-16-17-18(12)11-8-6-5-7-9-11/h5-10,15H,4H2,1-3H3. The highest BCUT2D eigenvalue weighted by Gasteiger charge is 2.30. The molecule has 0 spiro atoms. The minimum Gasteiger partial charge on any atom is -0.305 e. The zero-order valence-corrected chi connectivity index (χ0v) is 11.4. The molecule has 0 fully saturated rings. The Bertz CT molecular complexity index is 560. The molecule has 5 heteroatoms. The number of hydrogen-bond donors (Lipinski definition) is 1. The van der Waals surface area contributed by atoms with Crippen molar-refractivity contribution in [3.05, 3.63) is 42.2 Å². The zero-order chi connectivity index (χ0) is 13.9. The van der Waals surface area contributed by atoms with Crippen molar-refractivity contribution in [2.24, 2.45) is 0 Å². The molecule has 0 aliphatic carbocycles. The summed E-state index contributed by atoms with van der Waals surface area (Å²) in [7, 11) is 0. The number of carbonyl (C=O) groups excluding carboxylic acids is 1. The average molecular weight is 258 g/mol. The summed E-state index contributed by atoms with van der Waals surface area (Å²) in [6, 6.07) is 9.52. The minimum absolute atomic E-state index is 0.0248. The summed E-state index contributed by atoms with van der Waals surface area (Å²) in [5.41, 5.74) is 0.677. The van der Waals surface area contributed by atoms with Gasteiger partial charge >= 0.3 is 0 Å². The van der Waals surface area contributed by atoms with Crippen molar-refractivity contribution in [2.45, 2.75) is 26.3 Å². The summed E-state index contributed by atoms with van der Waals surface area (Å²) < 4.78 is 1.57. The van der Waals surface area contributed by atoms with Crippen LogP contribution in [-0.2, 0) is 0 Å². The summed E-state index contributed by atoms with van der Waals surface area (Å²) >= 11 is 0. The molecule has 0 aliphatic heterocycles. The van der Waals surface area contributed by atoms with Crippen molar-refractivity contribution in [1.82, 2.24) is 20.3 Å². The van der Waals surface area contributed by atoms with Crippen LogP contribution < -0.4 is 5.32 Å². The van der Waals surface area contributed by atoms with Crippen molar-refractivity contribution < 1.29 is 4.79 Å². The van der Waals surface area contributed by atoms with Crippen molar-refractivity contribution in [2.75, 3.05) is 6.54 Å². The first-order valence-corrected chi connectivity index (χ1v) is 6.32. The zero-order valence-electron chi connectivity index (χ0n) is 11.4.